The van der Waals surface area contributed by atoms with E-state index < -0.39 is 35.3 Å². The third kappa shape index (κ3) is 2.84. The number of ketones is 1. The van der Waals surface area contributed by atoms with Crippen molar-refractivity contribution in [2.45, 2.75) is 0 Å². The SMILES string of the molecule is O=C(O)c1cn(-c2nccs2)c2nc(N3CC(C(=O)CO)C3)c(F)cc2c1=O. The number of aromatic carboxylic acids is 1. The highest BCUT2D eigenvalue weighted by Gasteiger charge is 2.34. The number of carbonyl (C=O) groups is 2. The maximum absolute atomic E-state index is 14.6. The number of aromatic nitrogens is 3. The van der Waals surface area contributed by atoms with Crippen LogP contribution in [-0.2, 0) is 4.79 Å². The molecule has 0 unspecified atom stereocenters. The van der Waals surface area contributed by atoms with Gasteiger partial charge in [0.25, 0.3) is 0 Å². The van der Waals surface area contributed by atoms with Gasteiger partial charge in [0.05, 0.1) is 11.3 Å². The van der Waals surface area contributed by atoms with E-state index in [1.165, 1.54) is 27.0 Å². The summed E-state index contributed by atoms with van der Waals surface area (Å²) >= 11 is 1.20. The van der Waals surface area contributed by atoms with Crippen molar-refractivity contribution in [1.29, 1.82) is 0 Å². The van der Waals surface area contributed by atoms with E-state index in [2.05, 4.69) is 9.97 Å². The van der Waals surface area contributed by atoms with Crippen LogP contribution in [0.25, 0.3) is 16.2 Å². The van der Waals surface area contributed by atoms with Gasteiger partial charge in [0.1, 0.15) is 12.2 Å². The second-order valence-corrected chi connectivity index (χ2v) is 7.13. The molecule has 144 valence electrons. The molecular weight excluding hydrogens is 391 g/mol. The minimum atomic E-state index is -1.44. The fourth-order valence-corrected chi connectivity index (χ4v) is 3.67. The molecule has 0 atom stereocenters. The third-order valence-corrected chi connectivity index (χ3v) is 5.33. The van der Waals surface area contributed by atoms with Crippen LogP contribution in [0.5, 0.6) is 0 Å². The Morgan fingerprint density at radius 2 is 2.11 bits per heavy atom. The Hall–Kier alpha value is -3.18. The summed E-state index contributed by atoms with van der Waals surface area (Å²) in [7, 11) is 0. The highest BCUT2D eigenvalue weighted by molar-refractivity contribution is 7.12. The van der Waals surface area contributed by atoms with E-state index in [0.29, 0.717) is 5.13 Å². The van der Waals surface area contributed by atoms with Gasteiger partial charge in [-0.15, -0.1) is 11.3 Å². The number of hydrogen-bond acceptors (Lipinski definition) is 8. The number of anilines is 1. The highest BCUT2D eigenvalue weighted by Crippen LogP contribution is 2.29. The van der Waals surface area contributed by atoms with Crippen LogP contribution in [0.1, 0.15) is 10.4 Å². The van der Waals surface area contributed by atoms with E-state index in [1.54, 1.807) is 5.38 Å². The summed E-state index contributed by atoms with van der Waals surface area (Å²) in [6.45, 7) is -0.180. The Kier molecular flexibility index (Phi) is 4.40. The van der Waals surface area contributed by atoms with Gasteiger partial charge < -0.3 is 15.1 Å². The lowest BCUT2D eigenvalue weighted by atomic mass is 9.95. The van der Waals surface area contributed by atoms with Crippen LogP contribution >= 0.6 is 11.3 Å². The minimum Gasteiger partial charge on any atom is -0.477 e. The zero-order chi connectivity index (χ0) is 20.0. The average molecular weight is 404 g/mol. The highest BCUT2D eigenvalue weighted by atomic mass is 32.1. The first-order valence-electron chi connectivity index (χ1n) is 8.18. The standard InChI is InChI=1S/C17H13FN4O5S/c18-11-3-9-13(25)10(16(26)27)6-22(17-19-1-2-28-17)14(9)20-15(11)21-4-8(5-21)12(24)7-23/h1-3,6,8,23H,4-5,7H2,(H,26,27). The minimum absolute atomic E-state index is 0.0535. The van der Waals surface area contributed by atoms with Gasteiger partial charge in [-0.2, -0.15) is 0 Å². The van der Waals surface area contributed by atoms with E-state index >= 15 is 0 Å². The van der Waals surface area contributed by atoms with Crippen LogP contribution in [0.15, 0.2) is 28.6 Å². The third-order valence-electron chi connectivity index (χ3n) is 4.56. The summed E-state index contributed by atoms with van der Waals surface area (Å²) in [6, 6.07) is 0.956. The molecule has 0 radical (unpaired) electrons. The van der Waals surface area contributed by atoms with Crippen molar-refractivity contribution in [3.63, 3.8) is 0 Å². The maximum Gasteiger partial charge on any atom is 0.341 e. The van der Waals surface area contributed by atoms with Gasteiger partial charge in [0.2, 0.25) is 5.43 Å². The zero-order valence-electron chi connectivity index (χ0n) is 14.2. The van der Waals surface area contributed by atoms with Crippen LogP contribution < -0.4 is 10.3 Å². The number of fused-ring (bicyclic) bond motifs is 1. The van der Waals surface area contributed by atoms with Crippen molar-refractivity contribution in [3.8, 4) is 5.13 Å². The lowest BCUT2D eigenvalue weighted by molar-refractivity contribution is -0.126. The van der Waals surface area contributed by atoms with Crippen molar-refractivity contribution in [2.24, 2.45) is 5.92 Å². The first-order valence-corrected chi connectivity index (χ1v) is 9.06. The predicted molar refractivity (Wildman–Crippen MR) is 97.7 cm³/mol. The van der Waals surface area contributed by atoms with Crippen LogP contribution in [-0.4, -0.2) is 56.2 Å². The number of aliphatic hydroxyl groups is 1. The van der Waals surface area contributed by atoms with Gasteiger partial charge in [-0.05, 0) is 6.07 Å². The van der Waals surface area contributed by atoms with Crippen LogP contribution in [0.3, 0.4) is 0 Å². The van der Waals surface area contributed by atoms with Crippen molar-refractivity contribution in [1.82, 2.24) is 14.5 Å². The summed E-state index contributed by atoms with van der Waals surface area (Å²) < 4.78 is 16.0. The Labute approximate surface area is 160 Å². The summed E-state index contributed by atoms with van der Waals surface area (Å²) in [5, 5.41) is 20.1. The summed E-state index contributed by atoms with van der Waals surface area (Å²) in [5.74, 6) is -3.02. The van der Waals surface area contributed by atoms with Gasteiger partial charge in [-0.25, -0.2) is 19.2 Å². The van der Waals surface area contributed by atoms with Gasteiger partial charge >= 0.3 is 5.97 Å². The normalized spacial score (nSPS) is 14.3. The fourth-order valence-electron chi connectivity index (χ4n) is 3.05. The van der Waals surface area contributed by atoms with Gasteiger partial charge in [-0.1, -0.05) is 0 Å². The van der Waals surface area contributed by atoms with Gasteiger partial charge in [-0.3, -0.25) is 14.2 Å². The first kappa shape index (κ1) is 18.2. The summed E-state index contributed by atoms with van der Waals surface area (Å²) in [6.07, 6.45) is 2.63. The molecule has 2 N–H and O–H groups in total. The number of halogens is 1. The molecule has 1 aliphatic rings. The van der Waals surface area contributed by atoms with Crippen LogP contribution in [0.4, 0.5) is 10.2 Å². The van der Waals surface area contributed by atoms with E-state index in [9.17, 15) is 23.9 Å². The van der Waals surface area contributed by atoms with Gasteiger partial charge in [0, 0.05) is 30.9 Å². The molecule has 0 spiro atoms. The monoisotopic (exact) mass is 404 g/mol. The Balaban J connectivity index is 1.88. The van der Waals surface area contributed by atoms with E-state index in [1.807, 2.05) is 0 Å². The molecular formula is C17H13FN4O5S. The number of nitrogens with zero attached hydrogens (tertiary/aromatic N) is 4. The summed E-state index contributed by atoms with van der Waals surface area (Å²) in [4.78, 5) is 45.3. The quantitative estimate of drug-likeness (QED) is 0.636. The average Bonchev–Trinajstić information content (AvgIpc) is 3.15. The molecule has 28 heavy (non-hydrogen) atoms. The van der Waals surface area contributed by atoms with E-state index in [-0.39, 0.29) is 35.7 Å². The smallest absolute Gasteiger partial charge is 0.341 e. The van der Waals surface area contributed by atoms with E-state index in [0.717, 1.165) is 12.3 Å². The van der Waals surface area contributed by atoms with Crippen molar-refractivity contribution < 1.29 is 24.2 Å². The number of carboxylic acid groups (broad SMARTS) is 1. The number of thiazole rings is 1. The molecule has 1 saturated heterocycles. The molecule has 0 bridgehead atoms. The summed E-state index contributed by atoms with van der Waals surface area (Å²) in [5.41, 5.74) is -1.29. The molecule has 3 aromatic heterocycles. The number of rotatable bonds is 5. The molecule has 1 fully saturated rings. The number of pyridine rings is 2. The van der Waals surface area contributed by atoms with Crippen molar-refractivity contribution >= 4 is 39.9 Å². The zero-order valence-corrected chi connectivity index (χ0v) is 15.0. The molecule has 4 rings (SSSR count). The number of Topliss-reactive ketones (excluding diaryl/α,β-unsaturated/α-hetero) is 1. The Morgan fingerprint density at radius 1 is 1.36 bits per heavy atom. The first-order chi connectivity index (χ1) is 13.4. The van der Waals surface area contributed by atoms with E-state index in [4.69, 9.17) is 5.11 Å². The predicted octanol–water partition coefficient (Wildman–Crippen LogP) is 0.677. The second kappa shape index (κ2) is 6.77. The number of carboxylic acids is 1. The molecule has 0 aliphatic carbocycles. The van der Waals surface area contributed by atoms with Crippen molar-refractivity contribution in [3.05, 3.63) is 45.4 Å². The topological polar surface area (TPSA) is 126 Å². The fraction of sp³-hybridized carbons (Fsp3) is 0.235. The molecule has 9 nitrogen and oxygen atoms in total. The molecule has 0 amide bonds. The number of carbonyl (C=O) groups excluding carboxylic acids is 1. The van der Waals surface area contributed by atoms with Crippen LogP contribution in [0, 0.1) is 11.7 Å². The molecule has 3 aromatic rings. The van der Waals surface area contributed by atoms with Crippen LogP contribution in [0.2, 0.25) is 0 Å². The molecule has 0 saturated carbocycles. The molecule has 11 heteroatoms. The second-order valence-electron chi connectivity index (χ2n) is 6.25. The molecule has 1 aliphatic heterocycles. The maximum atomic E-state index is 14.6. The lowest BCUT2D eigenvalue weighted by Crippen LogP contribution is -2.52. The number of aliphatic hydroxyl groups excluding tert-OH is 1. The molecule has 4 heterocycles. The van der Waals surface area contributed by atoms with Crippen molar-refractivity contribution in [2.75, 3.05) is 24.6 Å². The largest absolute Gasteiger partial charge is 0.477 e. The molecule has 0 aromatic carbocycles. The Bertz CT molecular complexity index is 1150. The number of hydrogen-bond donors (Lipinski definition) is 2. The Morgan fingerprint density at radius 3 is 2.71 bits per heavy atom. The lowest BCUT2D eigenvalue weighted by Gasteiger charge is -2.39. The van der Waals surface area contributed by atoms with Gasteiger partial charge in [0.15, 0.2) is 28.2 Å².